The Balaban J connectivity index is 1.66. The highest BCUT2D eigenvalue weighted by molar-refractivity contribution is 7.71. The van der Waals surface area contributed by atoms with Crippen molar-refractivity contribution in [2.45, 2.75) is 65.1 Å². The normalized spacial score (nSPS) is 28.0. The first-order chi connectivity index (χ1) is 11.1. The Morgan fingerprint density at radius 1 is 1.22 bits per heavy atom. The van der Waals surface area contributed by atoms with Crippen LogP contribution >= 0.6 is 12.2 Å². The zero-order valence-electron chi connectivity index (χ0n) is 14.1. The van der Waals surface area contributed by atoms with Crippen molar-refractivity contribution in [3.8, 4) is 0 Å². The van der Waals surface area contributed by atoms with E-state index in [4.69, 9.17) is 17.3 Å². The predicted octanol–water partition coefficient (Wildman–Crippen LogP) is 2.07. The average molecular weight is 332 g/mol. The van der Waals surface area contributed by atoms with Crippen LogP contribution in [0.5, 0.6) is 0 Å². The lowest BCUT2D eigenvalue weighted by atomic mass is 9.78. The van der Waals surface area contributed by atoms with Crippen molar-refractivity contribution in [2.75, 3.05) is 6.54 Å². The molecule has 3 atom stereocenters. The predicted molar refractivity (Wildman–Crippen MR) is 92.1 cm³/mol. The summed E-state index contributed by atoms with van der Waals surface area (Å²) in [6, 6.07) is 2.87. The molecule has 1 aliphatic heterocycles. The highest BCUT2D eigenvalue weighted by Crippen LogP contribution is 2.28. The number of hydrogen-bond donors (Lipinski definition) is 1. The second kappa shape index (κ2) is 5.98. The molecule has 2 aliphatic rings. The smallest absolute Gasteiger partial charge is 0.254 e. The summed E-state index contributed by atoms with van der Waals surface area (Å²) in [5.74, 6) is 1.66. The minimum atomic E-state index is 0.740. The maximum Gasteiger partial charge on any atom is 0.254 e. The number of hydrogen-bond acceptors (Lipinski definition) is 3. The zero-order chi connectivity index (χ0) is 16.0. The molecule has 5 nitrogen and oxygen atoms in total. The average Bonchev–Trinajstić information content (AvgIpc) is 2.84. The Morgan fingerprint density at radius 2 is 2.00 bits per heavy atom. The molecule has 3 heterocycles. The van der Waals surface area contributed by atoms with Gasteiger partial charge in [-0.1, -0.05) is 6.42 Å². The molecule has 0 spiro atoms. The number of nitrogens with zero attached hydrogens (tertiary/aromatic N) is 4. The van der Waals surface area contributed by atoms with Gasteiger partial charge in [0.15, 0.2) is 6.67 Å². The van der Waals surface area contributed by atoms with Crippen LogP contribution in [0.2, 0.25) is 0 Å². The van der Waals surface area contributed by atoms with Crippen molar-refractivity contribution in [3.05, 3.63) is 22.2 Å². The molecule has 23 heavy (non-hydrogen) atoms. The number of rotatable bonds is 2. The molecule has 2 fully saturated rings. The van der Waals surface area contributed by atoms with Crippen LogP contribution < -0.4 is 4.90 Å². The molecule has 2 aromatic rings. The molecule has 0 aromatic carbocycles. The molecule has 0 amide bonds. The molecular weight excluding hydrogens is 306 g/mol. The zero-order valence-corrected chi connectivity index (χ0v) is 14.9. The van der Waals surface area contributed by atoms with Gasteiger partial charge in [-0.25, -0.2) is 4.98 Å². The number of aromatic nitrogens is 4. The molecule has 1 unspecified atom stereocenters. The molecule has 0 bridgehead atoms. The third-order valence-electron chi connectivity index (χ3n) is 5.73. The van der Waals surface area contributed by atoms with Gasteiger partial charge in [-0.3, -0.25) is 4.40 Å². The Bertz CT molecular complexity index is 775. The lowest BCUT2D eigenvalue weighted by molar-refractivity contribution is -0.958. The van der Waals surface area contributed by atoms with Crippen LogP contribution in [0.1, 0.15) is 49.9 Å². The molecule has 2 aromatic heterocycles. The fourth-order valence-corrected chi connectivity index (χ4v) is 5.02. The van der Waals surface area contributed by atoms with E-state index in [9.17, 15) is 0 Å². The van der Waals surface area contributed by atoms with Crippen molar-refractivity contribution < 1.29 is 4.90 Å². The van der Waals surface area contributed by atoms with Crippen molar-refractivity contribution >= 4 is 18.0 Å². The van der Waals surface area contributed by atoms with Crippen LogP contribution in [-0.2, 0) is 6.67 Å². The van der Waals surface area contributed by atoms with Crippen molar-refractivity contribution in [1.29, 1.82) is 0 Å². The SMILES string of the molecule is Cc1cc(C)n2c(=S)n(C[NH+]3CCC[C@H]4CCCC[C@@H]43)nc2n1. The summed E-state index contributed by atoms with van der Waals surface area (Å²) in [5, 5.41) is 4.71. The van der Waals surface area contributed by atoms with Crippen LogP contribution in [0, 0.1) is 24.5 Å². The van der Waals surface area contributed by atoms with Crippen LogP contribution in [0.4, 0.5) is 0 Å². The minimum Gasteiger partial charge on any atom is -0.314 e. The van der Waals surface area contributed by atoms with Crippen LogP contribution in [0.25, 0.3) is 5.78 Å². The highest BCUT2D eigenvalue weighted by atomic mass is 32.1. The third-order valence-corrected chi connectivity index (χ3v) is 6.12. The van der Waals surface area contributed by atoms with E-state index in [-0.39, 0.29) is 0 Å². The van der Waals surface area contributed by atoms with Gasteiger partial charge < -0.3 is 4.90 Å². The van der Waals surface area contributed by atoms with Gasteiger partial charge >= 0.3 is 0 Å². The van der Waals surface area contributed by atoms with Crippen LogP contribution in [0.3, 0.4) is 0 Å². The summed E-state index contributed by atoms with van der Waals surface area (Å²) in [4.78, 5) is 6.22. The maximum atomic E-state index is 5.68. The second-order valence-electron chi connectivity index (χ2n) is 7.32. The Hall–Kier alpha value is -1.27. The van der Waals surface area contributed by atoms with Crippen molar-refractivity contribution in [1.82, 2.24) is 19.2 Å². The molecule has 1 saturated carbocycles. The second-order valence-corrected chi connectivity index (χ2v) is 7.68. The number of quaternary nitrogens is 1. The topological polar surface area (TPSA) is 39.6 Å². The molecule has 1 saturated heterocycles. The molecule has 4 rings (SSSR count). The summed E-state index contributed by atoms with van der Waals surface area (Å²) in [6.45, 7) is 6.23. The molecule has 1 aliphatic carbocycles. The maximum absolute atomic E-state index is 5.68. The van der Waals surface area contributed by atoms with Gasteiger partial charge in [-0.05, 0) is 64.2 Å². The van der Waals surface area contributed by atoms with E-state index in [1.54, 1.807) is 4.90 Å². The van der Waals surface area contributed by atoms with E-state index < -0.39 is 0 Å². The largest absolute Gasteiger partial charge is 0.314 e. The Morgan fingerprint density at radius 3 is 2.87 bits per heavy atom. The quantitative estimate of drug-likeness (QED) is 0.856. The van der Waals surface area contributed by atoms with E-state index in [0.29, 0.717) is 0 Å². The van der Waals surface area contributed by atoms with Gasteiger partial charge in [0, 0.05) is 17.3 Å². The number of nitrogens with one attached hydrogen (secondary N) is 1. The lowest BCUT2D eigenvalue weighted by Gasteiger charge is -2.40. The number of fused-ring (bicyclic) bond motifs is 2. The summed E-state index contributed by atoms with van der Waals surface area (Å²) in [7, 11) is 0. The summed E-state index contributed by atoms with van der Waals surface area (Å²) >= 11 is 5.68. The van der Waals surface area contributed by atoms with Crippen LogP contribution in [0.15, 0.2) is 6.07 Å². The van der Waals surface area contributed by atoms with Gasteiger partial charge in [0.05, 0.1) is 12.6 Å². The molecule has 124 valence electrons. The number of likely N-dealkylation sites (tertiary alicyclic amines) is 1. The monoisotopic (exact) mass is 332 g/mol. The third kappa shape index (κ3) is 2.72. The van der Waals surface area contributed by atoms with Crippen molar-refractivity contribution in [3.63, 3.8) is 0 Å². The van der Waals surface area contributed by atoms with E-state index in [1.165, 1.54) is 45.1 Å². The first kappa shape index (κ1) is 15.3. The van der Waals surface area contributed by atoms with Gasteiger partial charge in [0.1, 0.15) is 0 Å². The molecule has 1 N–H and O–H groups in total. The molecule has 0 radical (unpaired) electrons. The van der Waals surface area contributed by atoms with Gasteiger partial charge in [0.2, 0.25) is 4.77 Å². The van der Waals surface area contributed by atoms with E-state index in [1.807, 2.05) is 16.0 Å². The fourth-order valence-electron chi connectivity index (χ4n) is 4.69. The van der Waals surface area contributed by atoms with E-state index >= 15 is 0 Å². The first-order valence-corrected chi connectivity index (χ1v) is 9.33. The Kier molecular flexibility index (Phi) is 3.97. The molecular formula is C17H26N5S+. The minimum absolute atomic E-state index is 0.740. The summed E-state index contributed by atoms with van der Waals surface area (Å²) in [5.41, 5.74) is 2.12. The standard InChI is InChI=1S/C17H25N5S/c1-12-10-13(2)22-16(18-12)19-21(17(22)23)11-20-9-5-7-14-6-3-4-8-15(14)20/h10,14-15H,3-9,11H2,1-2H3/p+1/t14-,15+/m1/s1. The first-order valence-electron chi connectivity index (χ1n) is 8.92. The Labute approximate surface area is 142 Å². The lowest BCUT2D eigenvalue weighted by Crippen LogP contribution is -3.17. The summed E-state index contributed by atoms with van der Waals surface area (Å²) < 4.78 is 4.80. The highest BCUT2D eigenvalue weighted by Gasteiger charge is 2.36. The number of aryl methyl sites for hydroxylation is 2. The molecule has 6 heteroatoms. The van der Waals surface area contributed by atoms with Gasteiger partial charge in [-0.15, -0.1) is 5.10 Å². The van der Waals surface area contributed by atoms with E-state index in [2.05, 4.69) is 18.0 Å². The number of piperidine rings is 1. The van der Waals surface area contributed by atoms with Gasteiger partial charge in [-0.2, -0.15) is 4.68 Å². The fraction of sp³-hybridized carbons (Fsp3) is 0.706. The van der Waals surface area contributed by atoms with Crippen LogP contribution in [-0.4, -0.2) is 31.8 Å². The summed E-state index contributed by atoms with van der Waals surface area (Å²) in [6.07, 6.45) is 8.37. The van der Waals surface area contributed by atoms with Crippen molar-refractivity contribution in [2.24, 2.45) is 5.92 Å². The van der Waals surface area contributed by atoms with Gasteiger partial charge in [0.25, 0.3) is 5.78 Å². The van der Waals surface area contributed by atoms with E-state index in [0.717, 1.165) is 40.6 Å².